The first-order chi connectivity index (χ1) is 14.3. The highest BCUT2D eigenvalue weighted by molar-refractivity contribution is 7.99. The zero-order valence-electron chi connectivity index (χ0n) is 15.9. The first-order valence-corrected chi connectivity index (χ1v) is 10.1. The van der Waals surface area contributed by atoms with E-state index in [1.807, 2.05) is 0 Å². The Morgan fingerprint density at radius 2 is 1.97 bits per heavy atom. The van der Waals surface area contributed by atoms with Gasteiger partial charge in [-0.3, -0.25) is 4.79 Å². The van der Waals surface area contributed by atoms with Gasteiger partial charge in [0.05, 0.1) is 5.75 Å². The van der Waals surface area contributed by atoms with Crippen LogP contribution in [0.2, 0.25) is 5.02 Å². The number of hydrogen-bond acceptors (Lipinski definition) is 6. The van der Waals surface area contributed by atoms with Gasteiger partial charge >= 0.3 is 0 Å². The number of nitrogen functional groups attached to an aromatic ring is 1. The van der Waals surface area contributed by atoms with Gasteiger partial charge in [-0.25, -0.2) is 13.5 Å². The standard InChI is InChI=1S/C19H18ClF2N5O2S/c1-26(9-14-15(20)3-2-4-16(14)22)18(28)11-30-19-25-24-17(27(19)23)10-29-13-7-5-12(21)6-8-13/h2-8H,9-11,23H2,1H3. The molecule has 30 heavy (non-hydrogen) atoms. The van der Waals surface area contributed by atoms with Crippen molar-refractivity contribution in [3.63, 3.8) is 0 Å². The van der Waals surface area contributed by atoms with E-state index in [1.54, 1.807) is 13.1 Å². The highest BCUT2D eigenvalue weighted by atomic mass is 35.5. The number of carbonyl (C=O) groups excluding carboxylic acids is 1. The molecule has 158 valence electrons. The molecule has 11 heteroatoms. The Hall–Kier alpha value is -2.85. The third-order valence-electron chi connectivity index (χ3n) is 4.12. The van der Waals surface area contributed by atoms with Crippen LogP contribution in [0.3, 0.4) is 0 Å². The highest BCUT2D eigenvalue weighted by Gasteiger charge is 2.17. The average molecular weight is 454 g/mol. The Morgan fingerprint density at radius 1 is 1.23 bits per heavy atom. The van der Waals surface area contributed by atoms with Crippen molar-refractivity contribution in [3.05, 3.63) is 70.5 Å². The molecule has 0 aliphatic rings. The SMILES string of the molecule is CN(Cc1c(F)cccc1Cl)C(=O)CSc1nnc(COc2ccc(F)cc2)n1N. The maximum atomic E-state index is 13.9. The smallest absolute Gasteiger partial charge is 0.233 e. The minimum Gasteiger partial charge on any atom is -0.486 e. The largest absolute Gasteiger partial charge is 0.486 e. The van der Waals surface area contributed by atoms with Gasteiger partial charge in [0.15, 0.2) is 5.82 Å². The van der Waals surface area contributed by atoms with Gasteiger partial charge in [0.1, 0.15) is 24.0 Å². The topological polar surface area (TPSA) is 86.3 Å². The zero-order valence-corrected chi connectivity index (χ0v) is 17.5. The summed E-state index contributed by atoms with van der Waals surface area (Å²) in [4.78, 5) is 13.8. The number of ether oxygens (including phenoxy) is 1. The normalized spacial score (nSPS) is 10.8. The van der Waals surface area contributed by atoms with E-state index in [4.69, 9.17) is 22.2 Å². The molecule has 1 heterocycles. The lowest BCUT2D eigenvalue weighted by molar-refractivity contribution is -0.127. The number of benzene rings is 2. The van der Waals surface area contributed by atoms with Crippen LogP contribution in [0, 0.1) is 11.6 Å². The molecule has 3 rings (SSSR count). The van der Waals surface area contributed by atoms with Crippen LogP contribution >= 0.6 is 23.4 Å². The Morgan fingerprint density at radius 3 is 2.67 bits per heavy atom. The maximum Gasteiger partial charge on any atom is 0.233 e. The summed E-state index contributed by atoms with van der Waals surface area (Å²) in [5.74, 6) is 5.68. The summed E-state index contributed by atoms with van der Waals surface area (Å²) in [7, 11) is 1.56. The van der Waals surface area contributed by atoms with Gasteiger partial charge in [-0.05, 0) is 36.4 Å². The number of hydrogen-bond donors (Lipinski definition) is 1. The van der Waals surface area contributed by atoms with E-state index in [1.165, 1.54) is 46.0 Å². The second kappa shape index (κ2) is 9.77. The fourth-order valence-electron chi connectivity index (χ4n) is 2.43. The van der Waals surface area contributed by atoms with Crippen LogP contribution in [0.1, 0.15) is 11.4 Å². The van der Waals surface area contributed by atoms with Crippen LogP contribution in [-0.2, 0) is 17.9 Å². The Labute approximate surface area is 180 Å². The van der Waals surface area contributed by atoms with Crippen molar-refractivity contribution in [1.82, 2.24) is 19.8 Å². The van der Waals surface area contributed by atoms with Gasteiger partial charge < -0.3 is 15.5 Å². The van der Waals surface area contributed by atoms with Crippen molar-refractivity contribution in [2.45, 2.75) is 18.3 Å². The number of aromatic nitrogens is 3. The number of thioether (sulfide) groups is 1. The van der Waals surface area contributed by atoms with Gasteiger partial charge in [0.25, 0.3) is 0 Å². The van der Waals surface area contributed by atoms with Crippen molar-refractivity contribution < 1.29 is 18.3 Å². The van der Waals surface area contributed by atoms with Crippen LogP contribution in [-0.4, -0.2) is 38.5 Å². The van der Waals surface area contributed by atoms with Gasteiger partial charge in [-0.2, -0.15) is 0 Å². The predicted octanol–water partition coefficient (Wildman–Crippen LogP) is 3.25. The lowest BCUT2D eigenvalue weighted by Gasteiger charge is -2.18. The first kappa shape index (κ1) is 21.8. The number of rotatable bonds is 8. The Bertz CT molecular complexity index is 1010. The van der Waals surface area contributed by atoms with Gasteiger partial charge in [-0.15, -0.1) is 10.2 Å². The van der Waals surface area contributed by atoms with E-state index >= 15 is 0 Å². The summed E-state index contributed by atoms with van der Waals surface area (Å²) in [6.07, 6.45) is 0. The van der Waals surface area contributed by atoms with Crippen LogP contribution < -0.4 is 10.6 Å². The summed E-state index contributed by atoms with van der Waals surface area (Å²) < 4.78 is 33.5. The molecule has 1 amide bonds. The molecular formula is C19H18ClF2N5O2S. The van der Waals surface area contributed by atoms with Crippen molar-refractivity contribution in [2.24, 2.45) is 0 Å². The van der Waals surface area contributed by atoms with E-state index in [9.17, 15) is 13.6 Å². The van der Waals surface area contributed by atoms with Crippen molar-refractivity contribution in [3.8, 4) is 5.75 Å². The zero-order chi connectivity index (χ0) is 21.7. The molecule has 0 aliphatic heterocycles. The number of nitrogens with zero attached hydrogens (tertiary/aromatic N) is 4. The molecular weight excluding hydrogens is 436 g/mol. The maximum absolute atomic E-state index is 13.9. The van der Waals surface area contributed by atoms with E-state index in [-0.39, 0.29) is 41.2 Å². The van der Waals surface area contributed by atoms with E-state index in [0.29, 0.717) is 16.7 Å². The summed E-state index contributed by atoms with van der Waals surface area (Å²) >= 11 is 7.09. The number of halogens is 3. The molecule has 0 radical (unpaired) electrons. The van der Waals surface area contributed by atoms with E-state index < -0.39 is 5.82 Å². The first-order valence-electron chi connectivity index (χ1n) is 8.72. The second-order valence-electron chi connectivity index (χ2n) is 6.25. The van der Waals surface area contributed by atoms with Crippen LogP contribution in [0.15, 0.2) is 47.6 Å². The lowest BCUT2D eigenvalue weighted by Crippen LogP contribution is -2.28. The monoisotopic (exact) mass is 453 g/mol. The molecule has 3 aromatic rings. The molecule has 1 aromatic heterocycles. The third kappa shape index (κ3) is 5.39. The Kier molecular flexibility index (Phi) is 7.11. The van der Waals surface area contributed by atoms with Crippen molar-refractivity contribution >= 4 is 29.3 Å². The van der Waals surface area contributed by atoms with Crippen LogP contribution in [0.5, 0.6) is 5.75 Å². The number of carbonyl (C=O) groups is 1. The summed E-state index contributed by atoms with van der Waals surface area (Å²) in [5, 5.41) is 8.46. The van der Waals surface area contributed by atoms with E-state index in [2.05, 4.69) is 10.2 Å². The molecule has 0 saturated heterocycles. The fourth-order valence-corrected chi connectivity index (χ4v) is 3.47. The summed E-state index contributed by atoms with van der Waals surface area (Å²) in [6.45, 7) is 0.0618. The van der Waals surface area contributed by atoms with Gasteiger partial charge in [0.2, 0.25) is 11.1 Å². The predicted molar refractivity (Wildman–Crippen MR) is 110 cm³/mol. The molecule has 0 aliphatic carbocycles. The molecule has 0 unspecified atom stereocenters. The molecule has 2 N–H and O–H groups in total. The van der Waals surface area contributed by atoms with Crippen LogP contribution in [0.4, 0.5) is 8.78 Å². The number of amides is 1. The second-order valence-corrected chi connectivity index (χ2v) is 7.60. The van der Waals surface area contributed by atoms with Gasteiger partial charge in [0, 0.05) is 24.2 Å². The average Bonchev–Trinajstić information content (AvgIpc) is 3.08. The number of nitrogens with two attached hydrogens (primary N) is 1. The molecule has 0 fully saturated rings. The summed E-state index contributed by atoms with van der Waals surface area (Å²) in [6, 6.07) is 9.89. The van der Waals surface area contributed by atoms with E-state index in [0.717, 1.165) is 11.8 Å². The lowest BCUT2D eigenvalue weighted by atomic mass is 10.2. The Balaban J connectivity index is 1.54. The molecule has 0 bridgehead atoms. The summed E-state index contributed by atoms with van der Waals surface area (Å²) in [5.41, 5.74) is 0.252. The third-order valence-corrected chi connectivity index (χ3v) is 5.41. The molecule has 0 atom stereocenters. The fraction of sp³-hybridized carbons (Fsp3) is 0.211. The molecule has 2 aromatic carbocycles. The minimum absolute atomic E-state index is 0.0231. The molecule has 0 saturated carbocycles. The van der Waals surface area contributed by atoms with Crippen molar-refractivity contribution in [2.75, 3.05) is 18.6 Å². The molecule has 7 nitrogen and oxygen atoms in total. The molecule has 0 spiro atoms. The van der Waals surface area contributed by atoms with Crippen molar-refractivity contribution in [1.29, 1.82) is 0 Å². The van der Waals surface area contributed by atoms with Gasteiger partial charge in [-0.1, -0.05) is 29.4 Å². The quantitative estimate of drug-likeness (QED) is 0.416. The minimum atomic E-state index is -0.470. The van der Waals surface area contributed by atoms with Crippen LogP contribution in [0.25, 0.3) is 0 Å². The highest BCUT2D eigenvalue weighted by Crippen LogP contribution is 2.22.